The summed E-state index contributed by atoms with van der Waals surface area (Å²) in [6, 6.07) is 2.18. The van der Waals surface area contributed by atoms with Crippen LogP contribution in [0.15, 0.2) is 31.1 Å². The normalized spacial score (nSPS) is 27.6. The van der Waals surface area contributed by atoms with Gasteiger partial charge in [0, 0.05) is 18.9 Å². The van der Waals surface area contributed by atoms with Crippen molar-refractivity contribution >= 4 is 11.6 Å². The van der Waals surface area contributed by atoms with Crippen LogP contribution in [0.5, 0.6) is 0 Å². The summed E-state index contributed by atoms with van der Waals surface area (Å²) < 4.78 is 0. The first-order valence-electron chi connectivity index (χ1n) is 5.86. The average molecular weight is 212 g/mol. The van der Waals surface area contributed by atoms with Crippen molar-refractivity contribution in [3.05, 3.63) is 42.2 Å². The molecule has 2 heterocycles. The Morgan fingerprint density at radius 2 is 2.31 bits per heavy atom. The van der Waals surface area contributed by atoms with Crippen molar-refractivity contribution < 1.29 is 0 Å². The summed E-state index contributed by atoms with van der Waals surface area (Å²) in [7, 11) is 0. The van der Waals surface area contributed by atoms with Crippen LogP contribution in [0.3, 0.4) is 0 Å². The molecule has 2 unspecified atom stereocenters. The topological polar surface area (TPSA) is 24.9 Å². The largest absolute Gasteiger partial charge is 0.316 e. The van der Waals surface area contributed by atoms with Gasteiger partial charge in [-0.05, 0) is 47.6 Å². The molecule has 0 aromatic carbocycles. The Morgan fingerprint density at radius 3 is 3.12 bits per heavy atom. The highest BCUT2D eigenvalue weighted by Crippen LogP contribution is 2.38. The number of hydrogen-bond acceptors (Lipinski definition) is 2. The van der Waals surface area contributed by atoms with E-state index in [2.05, 4.69) is 29.0 Å². The van der Waals surface area contributed by atoms with E-state index >= 15 is 0 Å². The molecular formula is C14H16N2. The summed E-state index contributed by atoms with van der Waals surface area (Å²) in [6.45, 7) is 6.09. The molecule has 16 heavy (non-hydrogen) atoms. The minimum Gasteiger partial charge on any atom is -0.316 e. The Hall–Kier alpha value is -1.41. The fourth-order valence-corrected chi connectivity index (χ4v) is 2.74. The standard InChI is InChI=1S/C14H16N2/c1-2-10-3-12(7-15-6-10)11-4-13-8-16-9-14(13)5-11/h2-4,6-7,13-14,16H,1,5,8-9H2. The molecular weight excluding hydrogens is 196 g/mol. The fraction of sp³-hybridized carbons (Fsp3) is 0.357. The van der Waals surface area contributed by atoms with Crippen LogP contribution in [0, 0.1) is 11.8 Å². The molecule has 1 aliphatic carbocycles. The number of allylic oxidation sites excluding steroid dienone is 1. The first kappa shape index (κ1) is 9.79. The summed E-state index contributed by atoms with van der Waals surface area (Å²) >= 11 is 0. The van der Waals surface area contributed by atoms with Crippen molar-refractivity contribution in [1.29, 1.82) is 0 Å². The van der Waals surface area contributed by atoms with Gasteiger partial charge in [0.25, 0.3) is 0 Å². The first-order chi connectivity index (χ1) is 7.86. The Kier molecular flexibility index (Phi) is 2.37. The maximum atomic E-state index is 4.27. The third-order valence-electron chi connectivity index (χ3n) is 3.66. The second-order valence-corrected chi connectivity index (χ2v) is 4.69. The molecule has 1 N–H and O–H groups in total. The van der Waals surface area contributed by atoms with Crippen LogP contribution in [0.4, 0.5) is 0 Å². The molecule has 1 aliphatic heterocycles. The summed E-state index contributed by atoms with van der Waals surface area (Å²) in [4.78, 5) is 4.27. The monoisotopic (exact) mass is 212 g/mol. The lowest BCUT2D eigenvalue weighted by Gasteiger charge is -2.06. The molecule has 1 fully saturated rings. The minimum atomic E-state index is 0.738. The van der Waals surface area contributed by atoms with E-state index in [1.54, 1.807) is 0 Å². The Morgan fingerprint density at radius 1 is 1.38 bits per heavy atom. The second-order valence-electron chi connectivity index (χ2n) is 4.69. The zero-order valence-corrected chi connectivity index (χ0v) is 9.32. The van der Waals surface area contributed by atoms with Gasteiger partial charge >= 0.3 is 0 Å². The van der Waals surface area contributed by atoms with Gasteiger partial charge in [-0.15, -0.1) is 0 Å². The quantitative estimate of drug-likeness (QED) is 0.814. The van der Waals surface area contributed by atoms with E-state index in [0.717, 1.165) is 23.9 Å². The zero-order chi connectivity index (χ0) is 11.0. The zero-order valence-electron chi connectivity index (χ0n) is 9.32. The third-order valence-corrected chi connectivity index (χ3v) is 3.66. The SMILES string of the molecule is C=Cc1cncc(C2=CC3CNCC3C2)c1. The first-order valence-corrected chi connectivity index (χ1v) is 5.86. The molecule has 0 bridgehead atoms. The van der Waals surface area contributed by atoms with Gasteiger partial charge in [0.15, 0.2) is 0 Å². The molecule has 3 rings (SSSR count). The number of rotatable bonds is 2. The van der Waals surface area contributed by atoms with Crippen LogP contribution in [-0.4, -0.2) is 18.1 Å². The molecule has 0 spiro atoms. The average Bonchev–Trinajstić information content (AvgIpc) is 2.89. The van der Waals surface area contributed by atoms with Gasteiger partial charge in [-0.1, -0.05) is 18.7 Å². The van der Waals surface area contributed by atoms with Crippen LogP contribution in [0.25, 0.3) is 11.6 Å². The molecule has 0 amide bonds. The molecule has 0 saturated carbocycles. The maximum absolute atomic E-state index is 4.27. The second kappa shape index (κ2) is 3.87. The number of nitrogens with one attached hydrogen (secondary N) is 1. The van der Waals surface area contributed by atoms with Gasteiger partial charge in [0.05, 0.1) is 0 Å². The van der Waals surface area contributed by atoms with Crippen LogP contribution in [0.1, 0.15) is 17.5 Å². The summed E-state index contributed by atoms with van der Waals surface area (Å²) in [5, 5.41) is 3.44. The number of pyridine rings is 1. The third kappa shape index (κ3) is 1.59. The molecule has 0 radical (unpaired) electrons. The number of nitrogens with zero attached hydrogens (tertiary/aromatic N) is 1. The highest BCUT2D eigenvalue weighted by atomic mass is 14.9. The Labute approximate surface area is 96.1 Å². The van der Waals surface area contributed by atoms with Crippen molar-refractivity contribution in [3.63, 3.8) is 0 Å². The van der Waals surface area contributed by atoms with Gasteiger partial charge in [-0.25, -0.2) is 0 Å². The van der Waals surface area contributed by atoms with Gasteiger partial charge in [-0.3, -0.25) is 4.98 Å². The van der Waals surface area contributed by atoms with E-state index in [0.29, 0.717) is 0 Å². The lowest BCUT2D eigenvalue weighted by molar-refractivity contribution is 0.536. The smallest absolute Gasteiger partial charge is 0.0343 e. The highest BCUT2D eigenvalue weighted by Gasteiger charge is 2.31. The molecule has 2 aliphatic rings. The van der Waals surface area contributed by atoms with E-state index in [1.807, 2.05) is 18.5 Å². The lowest BCUT2D eigenvalue weighted by atomic mass is 9.98. The van der Waals surface area contributed by atoms with Crippen molar-refractivity contribution in [2.45, 2.75) is 6.42 Å². The summed E-state index contributed by atoms with van der Waals surface area (Å²) in [5.74, 6) is 1.55. The molecule has 1 aromatic heterocycles. The van der Waals surface area contributed by atoms with Crippen molar-refractivity contribution in [3.8, 4) is 0 Å². The number of aromatic nitrogens is 1. The van der Waals surface area contributed by atoms with Crippen molar-refractivity contribution in [2.24, 2.45) is 11.8 Å². The molecule has 2 atom stereocenters. The Balaban J connectivity index is 1.90. The Bertz CT molecular complexity index is 448. The minimum absolute atomic E-state index is 0.738. The molecule has 2 heteroatoms. The predicted octanol–water partition coefficient (Wildman–Crippen LogP) is 2.35. The molecule has 1 aromatic rings. The van der Waals surface area contributed by atoms with Gasteiger partial charge in [-0.2, -0.15) is 0 Å². The summed E-state index contributed by atoms with van der Waals surface area (Å²) in [6.07, 6.45) is 9.30. The van der Waals surface area contributed by atoms with E-state index in [1.165, 1.54) is 24.1 Å². The van der Waals surface area contributed by atoms with E-state index in [-0.39, 0.29) is 0 Å². The van der Waals surface area contributed by atoms with E-state index in [4.69, 9.17) is 0 Å². The van der Waals surface area contributed by atoms with Crippen LogP contribution in [0.2, 0.25) is 0 Å². The lowest BCUT2D eigenvalue weighted by Crippen LogP contribution is -2.09. The van der Waals surface area contributed by atoms with Crippen molar-refractivity contribution in [2.75, 3.05) is 13.1 Å². The fourth-order valence-electron chi connectivity index (χ4n) is 2.74. The van der Waals surface area contributed by atoms with Gasteiger partial charge in [0.1, 0.15) is 0 Å². The van der Waals surface area contributed by atoms with Crippen LogP contribution < -0.4 is 5.32 Å². The van der Waals surface area contributed by atoms with E-state index in [9.17, 15) is 0 Å². The number of hydrogen-bond donors (Lipinski definition) is 1. The highest BCUT2D eigenvalue weighted by molar-refractivity contribution is 5.69. The van der Waals surface area contributed by atoms with Crippen molar-refractivity contribution in [1.82, 2.24) is 10.3 Å². The molecule has 1 saturated heterocycles. The predicted molar refractivity (Wildman–Crippen MR) is 66.8 cm³/mol. The van der Waals surface area contributed by atoms with Gasteiger partial charge < -0.3 is 5.32 Å². The number of fused-ring (bicyclic) bond motifs is 1. The van der Waals surface area contributed by atoms with Crippen LogP contribution in [-0.2, 0) is 0 Å². The van der Waals surface area contributed by atoms with Gasteiger partial charge in [0.2, 0.25) is 0 Å². The maximum Gasteiger partial charge on any atom is 0.0343 e. The van der Waals surface area contributed by atoms with E-state index < -0.39 is 0 Å². The van der Waals surface area contributed by atoms with Crippen LogP contribution >= 0.6 is 0 Å². The summed E-state index contributed by atoms with van der Waals surface area (Å²) in [5.41, 5.74) is 3.84. The molecule has 82 valence electrons. The molecule has 2 nitrogen and oxygen atoms in total.